The first-order valence-electron chi connectivity index (χ1n) is 8.49. The summed E-state index contributed by atoms with van der Waals surface area (Å²) in [7, 11) is 0. The minimum Gasteiger partial charge on any atom is -0.326 e. The van der Waals surface area contributed by atoms with Gasteiger partial charge in [-0.15, -0.1) is 5.10 Å². The number of nitrogens with zero attached hydrogens (tertiary/aromatic N) is 4. The fourth-order valence-electron chi connectivity index (χ4n) is 2.59. The van der Waals surface area contributed by atoms with Crippen molar-refractivity contribution in [3.05, 3.63) is 60.2 Å². The standard InChI is InChI=1S/C19H21N5OS/c1-14(11-12-16-7-4-3-5-8-16)26-19-21-22-23-24(19)18-10-6-9-17(13-18)20-15(2)25/h3-10,13-14H,11-12H2,1-2H3,(H,20,25). The Morgan fingerprint density at radius 3 is 2.77 bits per heavy atom. The Hall–Kier alpha value is -2.67. The Morgan fingerprint density at radius 1 is 1.19 bits per heavy atom. The first-order valence-corrected chi connectivity index (χ1v) is 9.37. The van der Waals surface area contributed by atoms with E-state index >= 15 is 0 Å². The zero-order chi connectivity index (χ0) is 18.4. The first-order chi connectivity index (χ1) is 12.6. The average Bonchev–Trinajstić information content (AvgIpc) is 3.08. The quantitative estimate of drug-likeness (QED) is 0.644. The van der Waals surface area contributed by atoms with Crippen LogP contribution in [0.5, 0.6) is 0 Å². The molecule has 0 aliphatic carbocycles. The van der Waals surface area contributed by atoms with E-state index in [0.717, 1.165) is 29.4 Å². The van der Waals surface area contributed by atoms with E-state index in [1.807, 2.05) is 30.3 Å². The Morgan fingerprint density at radius 2 is 2.00 bits per heavy atom. The highest BCUT2D eigenvalue weighted by Crippen LogP contribution is 2.26. The third-order valence-electron chi connectivity index (χ3n) is 3.84. The Bertz CT molecular complexity index is 865. The van der Waals surface area contributed by atoms with Gasteiger partial charge in [0.2, 0.25) is 11.1 Å². The third kappa shape index (κ3) is 4.92. The van der Waals surface area contributed by atoms with Crippen LogP contribution in [0, 0.1) is 0 Å². The topological polar surface area (TPSA) is 72.7 Å². The predicted octanol–water partition coefficient (Wildman–Crippen LogP) is 3.73. The zero-order valence-electron chi connectivity index (χ0n) is 14.8. The summed E-state index contributed by atoms with van der Waals surface area (Å²) in [4.78, 5) is 11.2. The van der Waals surface area contributed by atoms with Crippen LogP contribution in [0.4, 0.5) is 5.69 Å². The minimum atomic E-state index is -0.108. The maximum Gasteiger partial charge on any atom is 0.221 e. The molecule has 1 amide bonds. The lowest BCUT2D eigenvalue weighted by molar-refractivity contribution is -0.114. The van der Waals surface area contributed by atoms with Gasteiger partial charge in [0.25, 0.3) is 0 Å². The summed E-state index contributed by atoms with van der Waals surface area (Å²) in [5, 5.41) is 16.0. The number of hydrogen-bond acceptors (Lipinski definition) is 5. The van der Waals surface area contributed by atoms with Crippen LogP contribution in [0.1, 0.15) is 25.8 Å². The van der Waals surface area contributed by atoms with Gasteiger partial charge in [-0.3, -0.25) is 4.79 Å². The van der Waals surface area contributed by atoms with E-state index in [2.05, 4.69) is 52.0 Å². The van der Waals surface area contributed by atoms with E-state index < -0.39 is 0 Å². The summed E-state index contributed by atoms with van der Waals surface area (Å²) in [5.74, 6) is -0.108. The van der Waals surface area contributed by atoms with Crippen LogP contribution in [-0.4, -0.2) is 31.4 Å². The summed E-state index contributed by atoms with van der Waals surface area (Å²) >= 11 is 1.65. The van der Waals surface area contributed by atoms with E-state index in [0.29, 0.717) is 5.25 Å². The fourth-order valence-corrected chi connectivity index (χ4v) is 3.51. The van der Waals surface area contributed by atoms with Gasteiger partial charge in [-0.2, -0.15) is 4.68 Å². The van der Waals surface area contributed by atoms with E-state index in [1.54, 1.807) is 16.4 Å². The number of thioether (sulfide) groups is 1. The minimum absolute atomic E-state index is 0.108. The van der Waals surface area contributed by atoms with Gasteiger partial charge in [-0.25, -0.2) is 0 Å². The number of carbonyl (C=O) groups is 1. The van der Waals surface area contributed by atoms with Gasteiger partial charge in [0.15, 0.2) is 0 Å². The molecule has 2 aromatic carbocycles. The molecule has 0 saturated heterocycles. The molecule has 0 saturated carbocycles. The van der Waals surface area contributed by atoms with Crippen molar-refractivity contribution in [3.63, 3.8) is 0 Å². The number of benzene rings is 2. The summed E-state index contributed by atoms with van der Waals surface area (Å²) < 4.78 is 1.70. The predicted molar refractivity (Wildman–Crippen MR) is 104 cm³/mol. The fraction of sp³-hybridized carbons (Fsp3) is 0.263. The maximum absolute atomic E-state index is 11.2. The van der Waals surface area contributed by atoms with E-state index in [9.17, 15) is 4.79 Å². The maximum atomic E-state index is 11.2. The number of nitrogens with one attached hydrogen (secondary N) is 1. The monoisotopic (exact) mass is 367 g/mol. The van der Waals surface area contributed by atoms with Crippen molar-refractivity contribution < 1.29 is 4.79 Å². The summed E-state index contributed by atoms with van der Waals surface area (Å²) in [6.07, 6.45) is 2.06. The highest BCUT2D eigenvalue weighted by atomic mass is 32.2. The lowest BCUT2D eigenvalue weighted by atomic mass is 10.1. The number of aryl methyl sites for hydroxylation is 1. The molecule has 7 heteroatoms. The number of amides is 1. The van der Waals surface area contributed by atoms with E-state index in [4.69, 9.17) is 0 Å². The number of anilines is 1. The highest BCUT2D eigenvalue weighted by molar-refractivity contribution is 7.99. The van der Waals surface area contributed by atoms with Crippen LogP contribution in [0.15, 0.2) is 59.8 Å². The van der Waals surface area contributed by atoms with Crippen LogP contribution in [0.25, 0.3) is 5.69 Å². The van der Waals surface area contributed by atoms with Crippen LogP contribution < -0.4 is 5.32 Å². The SMILES string of the molecule is CC(=O)Nc1cccc(-n2nnnc2SC(C)CCc2ccccc2)c1. The molecule has 0 spiro atoms. The lowest BCUT2D eigenvalue weighted by Gasteiger charge is -2.11. The molecule has 3 aromatic rings. The molecule has 1 atom stereocenters. The van der Waals surface area contributed by atoms with Gasteiger partial charge in [0.1, 0.15) is 0 Å². The number of tetrazole rings is 1. The number of hydrogen-bond donors (Lipinski definition) is 1. The van der Waals surface area contributed by atoms with Gasteiger partial charge in [-0.1, -0.05) is 55.1 Å². The van der Waals surface area contributed by atoms with Crippen molar-refractivity contribution in [3.8, 4) is 5.69 Å². The lowest BCUT2D eigenvalue weighted by Crippen LogP contribution is -2.07. The molecule has 3 rings (SSSR count). The smallest absolute Gasteiger partial charge is 0.221 e. The van der Waals surface area contributed by atoms with Crippen molar-refractivity contribution in [1.29, 1.82) is 0 Å². The Kier molecular flexibility index (Phi) is 6.01. The second-order valence-corrected chi connectivity index (χ2v) is 7.46. The summed E-state index contributed by atoms with van der Waals surface area (Å²) in [6.45, 7) is 3.67. The number of aromatic nitrogens is 4. The first kappa shape index (κ1) is 18.1. The van der Waals surface area contributed by atoms with Crippen LogP contribution in [-0.2, 0) is 11.2 Å². The van der Waals surface area contributed by atoms with Gasteiger partial charge in [0, 0.05) is 17.9 Å². The molecule has 1 heterocycles. The van der Waals surface area contributed by atoms with Crippen LogP contribution in [0.2, 0.25) is 0 Å². The molecule has 26 heavy (non-hydrogen) atoms. The van der Waals surface area contributed by atoms with Crippen molar-refractivity contribution in [2.24, 2.45) is 0 Å². The number of carbonyl (C=O) groups excluding carboxylic acids is 1. The molecule has 0 fully saturated rings. The molecule has 134 valence electrons. The van der Waals surface area contributed by atoms with Crippen molar-refractivity contribution >= 4 is 23.4 Å². The molecular weight excluding hydrogens is 346 g/mol. The van der Waals surface area contributed by atoms with Crippen molar-refractivity contribution in [1.82, 2.24) is 20.2 Å². The molecular formula is C19H21N5OS. The van der Waals surface area contributed by atoms with Gasteiger partial charge < -0.3 is 5.32 Å². The molecule has 1 unspecified atom stereocenters. The van der Waals surface area contributed by atoms with Crippen LogP contribution in [0.3, 0.4) is 0 Å². The molecule has 1 aromatic heterocycles. The number of rotatable bonds is 7. The average molecular weight is 367 g/mol. The molecule has 1 N–H and O–H groups in total. The second-order valence-electron chi connectivity index (χ2n) is 6.06. The van der Waals surface area contributed by atoms with Gasteiger partial charge in [0.05, 0.1) is 5.69 Å². The molecule has 0 radical (unpaired) electrons. The molecule has 0 aliphatic rings. The third-order valence-corrected chi connectivity index (χ3v) is 4.94. The second kappa shape index (κ2) is 8.62. The van der Waals surface area contributed by atoms with Crippen molar-refractivity contribution in [2.45, 2.75) is 37.1 Å². The highest BCUT2D eigenvalue weighted by Gasteiger charge is 2.14. The normalized spacial score (nSPS) is 11.9. The Labute approximate surface area is 157 Å². The van der Waals surface area contributed by atoms with Crippen LogP contribution >= 0.6 is 11.8 Å². The van der Waals surface area contributed by atoms with Gasteiger partial charge >= 0.3 is 0 Å². The Balaban J connectivity index is 1.67. The molecule has 0 aliphatic heterocycles. The summed E-state index contributed by atoms with van der Waals surface area (Å²) in [5.41, 5.74) is 2.88. The zero-order valence-corrected chi connectivity index (χ0v) is 15.6. The van der Waals surface area contributed by atoms with Crippen molar-refractivity contribution in [2.75, 3.05) is 5.32 Å². The largest absolute Gasteiger partial charge is 0.326 e. The van der Waals surface area contributed by atoms with Gasteiger partial charge in [-0.05, 0) is 47.0 Å². The van der Waals surface area contributed by atoms with E-state index in [-0.39, 0.29) is 5.91 Å². The molecule has 0 bridgehead atoms. The molecule has 6 nitrogen and oxygen atoms in total. The van der Waals surface area contributed by atoms with E-state index in [1.165, 1.54) is 12.5 Å². The summed E-state index contributed by atoms with van der Waals surface area (Å²) in [6, 6.07) is 17.9.